The van der Waals surface area contributed by atoms with Gasteiger partial charge < -0.3 is 40.3 Å². The van der Waals surface area contributed by atoms with Gasteiger partial charge in [-0.05, 0) is 19.3 Å². The zero-order valence-electron chi connectivity index (χ0n) is 27.9. The van der Waals surface area contributed by atoms with Gasteiger partial charge in [0.05, 0.1) is 25.4 Å². The van der Waals surface area contributed by atoms with E-state index in [0.717, 1.165) is 38.5 Å². The van der Waals surface area contributed by atoms with Crippen LogP contribution in [0, 0.1) is 0 Å². The molecular formula is C35H67NO8. The lowest BCUT2D eigenvalue weighted by atomic mass is 9.99. The van der Waals surface area contributed by atoms with Crippen molar-refractivity contribution in [2.45, 2.75) is 192 Å². The van der Waals surface area contributed by atoms with E-state index in [-0.39, 0.29) is 12.5 Å². The minimum absolute atomic E-state index is 0.181. The van der Waals surface area contributed by atoms with Crippen LogP contribution in [0.25, 0.3) is 0 Å². The predicted molar refractivity (Wildman–Crippen MR) is 175 cm³/mol. The third-order valence-electron chi connectivity index (χ3n) is 8.61. The molecule has 44 heavy (non-hydrogen) atoms. The molecule has 9 heteroatoms. The zero-order valence-corrected chi connectivity index (χ0v) is 27.9. The lowest BCUT2D eigenvalue weighted by Gasteiger charge is -2.40. The highest BCUT2D eigenvalue weighted by Crippen LogP contribution is 2.22. The number of aliphatic hydroxyl groups excluding tert-OH is 5. The largest absolute Gasteiger partial charge is 0.394 e. The first kappa shape index (κ1) is 41.0. The fraction of sp³-hybridized carbons (Fsp3) is 0.914. The summed E-state index contributed by atoms with van der Waals surface area (Å²) in [7, 11) is 0. The number of rotatable bonds is 28. The van der Waals surface area contributed by atoms with Crippen molar-refractivity contribution in [3.63, 3.8) is 0 Å². The third-order valence-corrected chi connectivity index (χ3v) is 8.61. The number of carbonyl (C=O) groups is 1. The van der Waals surface area contributed by atoms with Crippen molar-refractivity contribution >= 4 is 5.91 Å². The van der Waals surface area contributed by atoms with Crippen LogP contribution in [0.4, 0.5) is 0 Å². The standard InChI is InChI=1S/C35H67NO8/c1-3-5-7-9-11-13-14-15-17-19-21-23-25-31(39)36-28(29(38)24-22-20-18-16-12-10-8-6-4-2)27-43-35-34(42)33(41)32(40)30(26-37)44-35/h22,24,28-30,32-35,37-38,40-42H,3-21,23,25-27H2,1-2H3,(H,36,39)/b24-22+. The topological polar surface area (TPSA) is 149 Å². The van der Waals surface area contributed by atoms with E-state index in [4.69, 9.17) is 9.47 Å². The molecule has 1 heterocycles. The summed E-state index contributed by atoms with van der Waals surface area (Å²) in [6.07, 6.45) is 19.7. The van der Waals surface area contributed by atoms with E-state index in [1.165, 1.54) is 89.9 Å². The SMILES string of the molecule is CCCCCCCCC/C=C/C(O)C(COC1OC(CO)C(O)C(O)C1O)NC(=O)CCCCCCCCCCCCCC. The summed E-state index contributed by atoms with van der Waals surface area (Å²) in [6.45, 7) is 3.70. The average Bonchev–Trinajstić information content (AvgIpc) is 3.02. The molecule has 0 saturated carbocycles. The quantitative estimate of drug-likeness (QED) is 0.0495. The Morgan fingerprint density at radius 3 is 1.77 bits per heavy atom. The van der Waals surface area contributed by atoms with Gasteiger partial charge in [-0.3, -0.25) is 4.79 Å². The lowest BCUT2D eigenvalue weighted by Crippen LogP contribution is -2.60. The number of nitrogens with one attached hydrogen (secondary N) is 1. The summed E-state index contributed by atoms with van der Waals surface area (Å²) < 4.78 is 11.1. The zero-order chi connectivity index (χ0) is 32.4. The van der Waals surface area contributed by atoms with Crippen LogP contribution < -0.4 is 5.32 Å². The summed E-state index contributed by atoms with van der Waals surface area (Å²) in [6, 6.07) is -0.794. The highest BCUT2D eigenvalue weighted by molar-refractivity contribution is 5.76. The summed E-state index contributed by atoms with van der Waals surface area (Å²) in [4.78, 5) is 12.8. The van der Waals surface area contributed by atoms with Gasteiger partial charge in [0.2, 0.25) is 5.91 Å². The summed E-state index contributed by atoms with van der Waals surface area (Å²) in [5, 5.41) is 53.6. The Kier molecular flexibility index (Phi) is 25.2. The lowest BCUT2D eigenvalue weighted by molar-refractivity contribution is -0.302. The molecule has 0 aliphatic carbocycles. The van der Waals surface area contributed by atoms with Crippen molar-refractivity contribution in [2.24, 2.45) is 0 Å². The molecule has 0 bridgehead atoms. The summed E-state index contributed by atoms with van der Waals surface area (Å²) in [5.74, 6) is -0.181. The highest BCUT2D eigenvalue weighted by Gasteiger charge is 2.44. The number of allylic oxidation sites excluding steroid dienone is 1. The van der Waals surface area contributed by atoms with Crippen LogP contribution in [0.15, 0.2) is 12.2 Å². The molecule has 1 amide bonds. The molecule has 260 valence electrons. The van der Waals surface area contributed by atoms with Crippen molar-refractivity contribution in [2.75, 3.05) is 13.2 Å². The van der Waals surface area contributed by atoms with E-state index in [1.54, 1.807) is 6.08 Å². The second-order valence-electron chi connectivity index (χ2n) is 12.7. The van der Waals surface area contributed by atoms with Crippen molar-refractivity contribution < 1.29 is 39.8 Å². The second-order valence-corrected chi connectivity index (χ2v) is 12.7. The van der Waals surface area contributed by atoms with Gasteiger partial charge in [0.1, 0.15) is 24.4 Å². The number of amides is 1. The normalized spacial score (nSPS) is 23.7. The van der Waals surface area contributed by atoms with Crippen LogP contribution in [0.2, 0.25) is 0 Å². The highest BCUT2D eigenvalue weighted by atomic mass is 16.7. The fourth-order valence-corrected chi connectivity index (χ4v) is 5.62. The van der Waals surface area contributed by atoms with E-state index in [1.807, 2.05) is 6.08 Å². The molecule has 1 fully saturated rings. The molecular weight excluding hydrogens is 562 g/mol. The van der Waals surface area contributed by atoms with E-state index < -0.39 is 49.5 Å². The van der Waals surface area contributed by atoms with Crippen LogP contribution in [0.5, 0.6) is 0 Å². The van der Waals surface area contributed by atoms with Gasteiger partial charge in [0, 0.05) is 6.42 Å². The molecule has 0 aromatic heterocycles. The van der Waals surface area contributed by atoms with Crippen LogP contribution in [0.1, 0.15) is 149 Å². The van der Waals surface area contributed by atoms with Crippen LogP contribution >= 0.6 is 0 Å². The van der Waals surface area contributed by atoms with E-state index in [2.05, 4.69) is 19.2 Å². The Balaban J connectivity index is 2.49. The van der Waals surface area contributed by atoms with Gasteiger partial charge in [-0.1, -0.05) is 135 Å². The minimum Gasteiger partial charge on any atom is -0.394 e. The fourth-order valence-electron chi connectivity index (χ4n) is 5.62. The van der Waals surface area contributed by atoms with E-state index in [9.17, 15) is 30.3 Å². The van der Waals surface area contributed by atoms with Crippen LogP contribution in [-0.2, 0) is 14.3 Å². The number of hydrogen-bond acceptors (Lipinski definition) is 8. The maximum absolute atomic E-state index is 12.8. The molecule has 0 radical (unpaired) electrons. The molecule has 0 aromatic rings. The van der Waals surface area contributed by atoms with Crippen molar-refractivity contribution in [1.29, 1.82) is 0 Å². The Hall–Kier alpha value is -1.07. The number of aliphatic hydroxyl groups is 5. The minimum atomic E-state index is -1.56. The molecule has 9 nitrogen and oxygen atoms in total. The van der Waals surface area contributed by atoms with Crippen molar-refractivity contribution in [1.82, 2.24) is 5.32 Å². The third kappa shape index (κ3) is 18.8. The molecule has 7 atom stereocenters. The first-order chi connectivity index (χ1) is 21.3. The number of carbonyl (C=O) groups excluding carboxylic acids is 1. The molecule has 1 aliphatic heterocycles. The second kappa shape index (κ2) is 27.1. The van der Waals surface area contributed by atoms with Gasteiger partial charge in [0.15, 0.2) is 6.29 Å². The van der Waals surface area contributed by atoms with E-state index in [0.29, 0.717) is 6.42 Å². The van der Waals surface area contributed by atoms with Gasteiger partial charge in [-0.25, -0.2) is 0 Å². The smallest absolute Gasteiger partial charge is 0.220 e. The van der Waals surface area contributed by atoms with Gasteiger partial charge in [-0.2, -0.15) is 0 Å². The predicted octanol–water partition coefficient (Wildman–Crippen LogP) is 5.44. The molecule has 7 unspecified atom stereocenters. The summed E-state index contributed by atoms with van der Waals surface area (Å²) in [5.41, 5.74) is 0. The number of unbranched alkanes of at least 4 members (excludes halogenated alkanes) is 18. The molecule has 1 aliphatic rings. The van der Waals surface area contributed by atoms with Crippen LogP contribution in [0.3, 0.4) is 0 Å². The monoisotopic (exact) mass is 629 g/mol. The molecule has 1 saturated heterocycles. The van der Waals surface area contributed by atoms with Gasteiger partial charge in [0.25, 0.3) is 0 Å². The Bertz CT molecular complexity index is 706. The van der Waals surface area contributed by atoms with Gasteiger partial charge in [-0.15, -0.1) is 0 Å². The van der Waals surface area contributed by atoms with Crippen molar-refractivity contribution in [3.8, 4) is 0 Å². The first-order valence-corrected chi connectivity index (χ1v) is 17.9. The van der Waals surface area contributed by atoms with E-state index >= 15 is 0 Å². The van der Waals surface area contributed by atoms with Crippen molar-refractivity contribution in [3.05, 3.63) is 12.2 Å². The Morgan fingerprint density at radius 1 is 0.750 bits per heavy atom. The maximum atomic E-state index is 12.8. The molecule has 0 aromatic carbocycles. The number of hydrogen-bond donors (Lipinski definition) is 6. The average molecular weight is 630 g/mol. The van der Waals surface area contributed by atoms with Crippen LogP contribution in [-0.4, -0.2) is 87.5 Å². The summed E-state index contributed by atoms with van der Waals surface area (Å²) >= 11 is 0. The van der Waals surface area contributed by atoms with Gasteiger partial charge >= 0.3 is 0 Å². The maximum Gasteiger partial charge on any atom is 0.220 e. The molecule has 0 spiro atoms. The first-order valence-electron chi connectivity index (χ1n) is 17.9. The molecule has 6 N–H and O–H groups in total. The number of ether oxygens (including phenoxy) is 2. The Labute approximate surface area is 267 Å². The Morgan fingerprint density at radius 2 is 1.25 bits per heavy atom. The molecule has 1 rings (SSSR count).